The smallest absolute Gasteiger partial charge is 0.254 e. The van der Waals surface area contributed by atoms with Crippen LogP contribution >= 0.6 is 0 Å². The van der Waals surface area contributed by atoms with Crippen molar-refractivity contribution in [2.75, 3.05) is 13.1 Å². The maximum atomic E-state index is 13.0. The van der Waals surface area contributed by atoms with Gasteiger partial charge in [0.25, 0.3) is 5.91 Å². The zero-order chi connectivity index (χ0) is 24.1. The van der Waals surface area contributed by atoms with Crippen molar-refractivity contribution in [3.8, 4) is 0 Å². The van der Waals surface area contributed by atoms with Gasteiger partial charge in [-0.05, 0) is 50.5 Å². The summed E-state index contributed by atoms with van der Waals surface area (Å²) >= 11 is 0. The molecule has 3 N–H and O–H groups in total. The summed E-state index contributed by atoms with van der Waals surface area (Å²) in [6.45, 7) is 6.05. The number of rotatable bonds is 9. The molecule has 3 aromatic rings. The molecule has 0 saturated heterocycles. The van der Waals surface area contributed by atoms with E-state index in [-0.39, 0.29) is 42.7 Å². The number of halogens is 1. The first-order valence-electron chi connectivity index (χ1n) is 10.6. The van der Waals surface area contributed by atoms with Crippen molar-refractivity contribution >= 4 is 23.4 Å². The average Bonchev–Trinajstić information content (AvgIpc) is 3.21. The van der Waals surface area contributed by atoms with Crippen molar-refractivity contribution in [2.24, 2.45) is 5.73 Å². The number of benzene rings is 1. The van der Waals surface area contributed by atoms with Crippen molar-refractivity contribution in [3.63, 3.8) is 0 Å². The van der Waals surface area contributed by atoms with Crippen LogP contribution in [0.15, 0.2) is 30.5 Å². The second kappa shape index (κ2) is 10.2. The Kier molecular flexibility index (Phi) is 7.37. The Hall–Kier alpha value is -3.82. The van der Waals surface area contributed by atoms with Crippen LogP contribution in [0.1, 0.15) is 46.2 Å². The van der Waals surface area contributed by atoms with Gasteiger partial charge in [-0.3, -0.25) is 14.4 Å². The SMILES string of the molecule is CCN(CC(=O)NCc1ccc(F)cc1)C(=O)CCc1c(C)nc2c(C(N)=O)cnn2c1C. The Morgan fingerprint density at radius 1 is 1.18 bits per heavy atom. The van der Waals surface area contributed by atoms with E-state index in [1.54, 1.807) is 16.6 Å². The van der Waals surface area contributed by atoms with Gasteiger partial charge in [-0.1, -0.05) is 12.1 Å². The molecule has 3 amide bonds. The van der Waals surface area contributed by atoms with E-state index in [9.17, 15) is 18.8 Å². The molecular formula is C23H27FN6O3. The summed E-state index contributed by atoms with van der Waals surface area (Å²) in [5.41, 5.74) is 9.10. The Labute approximate surface area is 190 Å². The number of nitrogens with zero attached hydrogens (tertiary/aromatic N) is 4. The first-order valence-corrected chi connectivity index (χ1v) is 10.6. The molecule has 2 aromatic heterocycles. The summed E-state index contributed by atoms with van der Waals surface area (Å²) in [7, 11) is 0. The molecule has 0 fully saturated rings. The van der Waals surface area contributed by atoms with Crippen LogP contribution in [0, 0.1) is 19.7 Å². The number of aromatic nitrogens is 3. The minimum atomic E-state index is -0.601. The van der Waals surface area contributed by atoms with E-state index in [1.165, 1.54) is 23.2 Å². The first kappa shape index (κ1) is 23.8. The van der Waals surface area contributed by atoms with Gasteiger partial charge in [0.2, 0.25) is 11.8 Å². The van der Waals surface area contributed by atoms with Gasteiger partial charge < -0.3 is 16.0 Å². The van der Waals surface area contributed by atoms with Gasteiger partial charge >= 0.3 is 0 Å². The van der Waals surface area contributed by atoms with Crippen LogP contribution < -0.4 is 11.1 Å². The van der Waals surface area contributed by atoms with Crippen LogP contribution in [0.5, 0.6) is 0 Å². The molecule has 0 aliphatic carbocycles. The zero-order valence-electron chi connectivity index (χ0n) is 18.9. The highest BCUT2D eigenvalue weighted by Gasteiger charge is 2.19. The molecule has 0 saturated carbocycles. The number of hydrogen-bond acceptors (Lipinski definition) is 5. The van der Waals surface area contributed by atoms with Crippen LogP contribution in [0.3, 0.4) is 0 Å². The zero-order valence-corrected chi connectivity index (χ0v) is 18.9. The van der Waals surface area contributed by atoms with Crippen molar-refractivity contribution in [1.29, 1.82) is 0 Å². The number of primary amides is 1. The van der Waals surface area contributed by atoms with Crippen molar-refractivity contribution in [1.82, 2.24) is 24.8 Å². The molecule has 0 spiro atoms. The fourth-order valence-electron chi connectivity index (χ4n) is 3.65. The third-order valence-electron chi connectivity index (χ3n) is 5.53. The lowest BCUT2D eigenvalue weighted by molar-refractivity contribution is -0.135. The monoisotopic (exact) mass is 454 g/mol. The van der Waals surface area contributed by atoms with Crippen molar-refractivity contribution in [3.05, 3.63) is 64.4 Å². The van der Waals surface area contributed by atoms with Gasteiger partial charge in [-0.15, -0.1) is 0 Å². The van der Waals surface area contributed by atoms with Crippen LogP contribution in [0.25, 0.3) is 5.65 Å². The van der Waals surface area contributed by atoms with E-state index in [4.69, 9.17) is 5.73 Å². The number of likely N-dealkylation sites (N-methyl/N-ethyl adjacent to an activating group) is 1. The van der Waals surface area contributed by atoms with E-state index in [0.717, 1.165) is 16.8 Å². The van der Waals surface area contributed by atoms with Gasteiger partial charge in [-0.25, -0.2) is 13.9 Å². The number of fused-ring (bicyclic) bond motifs is 1. The minimum absolute atomic E-state index is 0.0626. The molecule has 10 heteroatoms. The van der Waals surface area contributed by atoms with E-state index in [0.29, 0.717) is 24.3 Å². The summed E-state index contributed by atoms with van der Waals surface area (Å²) in [5, 5.41) is 6.94. The molecule has 0 aliphatic rings. The summed E-state index contributed by atoms with van der Waals surface area (Å²) in [4.78, 5) is 42.6. The maximum Gasteiger partial charge on any atom is 0.254 e. The van der Waals surface area contributed by atoms with Crippen molar-refractivity contribution < 1.29 is 18.8 Å². The highest BCUT2D eigenvalue weighted by molar-refractivity contribution is 5.98. The number of aryl methyl sites for hydroxylation is 2. The molecule has 0 aliphatic heterocycles. The molecule has 0 bridgehead atoms. The Morgan fingerprint density at radius 2 is 1.88 bits per heavy atom. The van der Waals surface area contributed by atoms with Crippen LogP contribution in [0.4, 0.5) is 4.39 Å². The summed E-state index contributed by atoms with van der Waals surface area (Å²) < 4.78 is 14.5. The highest BCUT2D eigenvalue weighted by Crippen LogP contribution is 2.19. The Bertz CT molecular complexity index is 1190. The van der Waals surface area contributed by atoms with E-state index >= 15 is 0 Å². The molecule has 9 nitrogen and oxygen atoms in total. The fourth-order valence-corrected chi connectivity index (χ4v) is 3.65. The minimum Gasteiger partial charge on any atom is -0.365 e. The molecule has 33 heavy (non-hydrogen) atoms. The topological polar surface area (TPSA) is 123 Å². The second-order valence-corrected chi connectivity index (χ2v) is 7.73. The predicted molar refractivity (Wildman–Crippen MR) is 120 cm³/mol. The number of carbonyl (C=O) groups excluding carboxylic acids is 3. The van der Waals surface area contributed by atoms with Crippen LogP contribution in [-0.2, 0) is 22.6 Å². The van der Waals surface area contributed by atoms with Gasteiger partial charge in [0.1, 0.15) is 11.4 Å². The third kappa shape index (κ3) is 5.51. The fraction of sp³-hybridized carbons (Fsp3) is 0.348. The number of hydrogen-bond donors (Lipinski definition) is 2. The van der Waals surface area contributed by atoms with E-state index < -0.39 is 5.91 Å². The number of amides is 3. The lowest BCUT2D eigenvalue weighted by Crippen LogP contribution is -2.40. The van der Waals surface area contributed by atoms with Crippen LogP contribution in [0.2, 0.25) is 0 Å². The average molecular weight is 455 g/mol. The summed E-state index contributed by atoms with van der Waals surface area (Å²) in [6.07, 6.45) is 1.99. The Morgan fingerprint density at radius 3 is 2.52 bits per heavy atom. The molecule has 0 unspecified atom stereocenters. The number of carbonyl (C=O) groups is 3. The molecule has 1 aromatic carbocycles. The quantitative estimate of drug-likeness (QED) is 0.509. The van der Waals surface area contributed by atoms with Crippen molar-refractivity contribution in [2.45, 2.75) is 40.2 Å². The summed E-state index contributed by atoms with van der Waals surface area (Å²) in [6, 6.07) is 5.86. The van der Waals surface area contributed by atoms with Crippen LogP contribution in [-0.4, -0.2) is 50.3 Å². The maximum absolute atomic E-state index is 13.0. The standard InChI is InChI=1S/C23H27FN6O3/c1-4-29(13-20(31)26-11-16-5-7-17(24)8-6-16)21(32)10-9-18-14(2)28-23-19(22(25)33)12-27-30(23)15(18)3/h5-8,12H,4,9-11,13H2,1-3H3,(H2,25,33)(H,26,31). The van der Waals surface area contributed by atoms with E-state index in [1.807, 2.05) is 20.8 Å². The largest absolute Gasteiger partial charge is 0.365 e. The second-order valence-electron chi connectivity index (χ2n) is 7.73. The molecule has 0 radical (unpaired) electrons. The first-order chi connectivity index (χ1) is 15.7. The predicted octanol–water partition coefficient (Wildman–Crippen LogP) is 1.68. The molecule has 3 rings (SSSR count). The lowest BCUT2D eigenvalue weighted by atomic mass is 10.1. The molecule has 0 atom stereocenters. The lowest BCUT2D eigenvalue weighted by Gasteiger charge is -2.21. The normalized spacial score (nSPS) is 10.9. The Balaban J connectivity index is 1.61. The number of nitrogens with two attached hydrogens (primary N) is 1. The van der Waals surface area contributed by atoms with Gasteiger partial charge in [0, 0.05) is 30.9 Å². The van der Waals surface area contributed by atoms with Gasteiger partial charge in [0.15, 0.2) is 5.65 Å². The van der Waals surface area contributed by atoms with Gasteiger partial charge in [0.05, 0.1) is 12.7 Å². The highest BCUT2D eigenvalue weighted by atomic mass is 19.1. The summed E-state index contributed by atoms with van der Waals surface area (Å²) in [5.74, 6) is -1.39. The van der Waals surface area contributed by atoms with Gasteiger partial charge in [-0.2, -0.15) is 5.10 Å². The molecule has 2 heterocycles. The molecule has 174 valence electrons. The number of nitrogens with one attached hydrogen (secondary N) is 1. The molecular weight excluding hydrogens is 427 g/mol. The van der Waals surface area contributed by atoms with E-state index in [2.05, 4.69) is 15.4 Å². The third-order valence-corrected chi connectivity index (χ3v) is 5.53.